The summed E-state index contributed by atoms with van der Waals surface area (Å²) in [6.07, 6.45) is 4.12. The van der Waals surface area contributed by atoms with Gasteiger partial charge in [-0.05, 0) is 62.6 Å². The summed E-state index contributed by atoms with van der Waals surface area (Å²) in [4.78, 5) is 37.5. The fourth-order valence-electron chi connectivity index (χ4n) is 5.23. The molecule has 160 valence electrons. The fraction of sp³-hybridized carbons (Fsp3) is 0.609. The van der Waals surface area contributed by atoms with Crippen molar-refractivity contribution in [2.75, 3.05) is 26.2 Å². The molecule has 1 aromatic heterocycles. The van der Waals surface area contributed by atoms with Crippen LogP contribution in [0.3, 0.4) is 0 Å². The van der Waals surface area contributed by atoms with Gasteiger partial charge in [0.2, 0.25) is 11.8 Å². The van der Waals surface area contributed by atoms with Gasteiger partial charge < -0.3 is 19.9 Å². The number of benzene rings is 1. The Kier molecular flexibility index (Phi) is 4.81. The maximum Gasteiger partial charge on any atom is 0.229 e. The molecule has 0 radical (unpaired) electrons. The lowest BCUT2D eigenvalue weighted by atomic mass is 9.70. The van der Waals surface area contributed by atoms with Crippen LogP contribution in [0.2, 0.25) is 0 Å². The van der Waals surface area contributed by atoms with E-state index in [0.29, 0.717) is 51.2 Å². The lowest BCUT2D eigenvalue weighted by Crippen LogP contribution is -2.58. The number of aliphatic hydroxyl groups is 1. The Hall–Kier alpha value is -2.41. The number of aromatic nitrogens is 2. The molecule has 1 aromatic carbocycles. The summed E-state index contributed by atoms with van der Waals surface area (Å²) in [7, 11) is 0. The Morgan fingerprint density at radius 2 is 2.07 bits per heavy atom. The molecule has 1 unspecified atom stereocenters. The van der Waals surface area contributed by atoms with E-state index in [2.05, 4.69) is 9.97 Å². The largest absolute Gasteiger partial charge is 0.391 e. The van der Waals surface area contributed by atoms with Crippen molar-refractivity contribution in [2.24, 2.45) is 11.3 Å². The summed E-state index contributed by atoms with van der Waals surface area (Å²) in [5.41, 5.74) is 2.34. The number of nitrogens with one attached hydrogen (secondary N) is 1. The van der Waals surface area contributed by atoms with E-state index in [0.717, 1.165) is 29.0 Å². The number of aromatic amines is 1. The number of H-pyrrole nitrogens is 1. The van der Waals surface area contributed by atoms with E-state index in [1.165, 1.54) is 12.8 Å². The quantitative estimate of drug-likeness (QED) is 0.807. The van der Waals surface area contributed by atoms with Crippen LogP contribution in [-0.2, 0) is 16.0 Å². The van der Waals surface area contributed by atoms with E-state index in [9.17, 15) is 14.7 Å². The molecular weight excluding hydrogens is 380 g/mol. The van der Waals surface area contributed by atoms with E-state index in [1.807, 2.05) is 34.9 Å². The van der Waals surface area contributed by atoms with Crippen molar-refractivity contribution in [2.45, 2.75) is 51.6 Å². The van der Waals surface area contributed by atoms with Gasteiger partial charge >= 0.3 is 0 Å². The third-order valence-electron chi connectivity index (χ3n) is 7.07. The van der Waals surface area contributed by atoms with Crippen LogP contribution in [0.1, 0.15) is 43.5 Å². The van der Waals surface area contributed by atoms with Crippen molar-refractivity contribution in [1.82, 2.24) is 19.8 Å². The predicted octanol–water partition coefficient (Wildman–Crippen LogP) is 2.03. The zero-order valence-electron chi connectivity index (χ0n) is 17.6. The Labute approximate surface area is 176 Å². The van der Waals surface area contributed by atoms with Gasteiger partial charge in [0.15, 0.2) is 0 Å². The smallest absolute Gasteiger partial charge is 0.229 e. The average Bonchev–Trinajstić information content (AvgIpc) is 3.44. The van der Waals surface area contributed by atoms with Crippen LogP contribution >= 0.6 is 0 Å². The highest BCUT2D eigenvalue weighted by molar-refractivity contribution is 5.85. The monoisotopic (exact) mass is 410 g/mol. The number of piperidine rings is 2. The van der Waals surface area contributed by atoms with Crippen LogP contribution in [0.15, 0.2) is 18.2 Å². The van der Waals surface area contributed by atoms with Gasteiger partial charge in [-0.2, -0.15) is 0 Å². The second-order valence-corrected chi connectivity index (χ2v) is 9.52. The van der Waals surface area contributed by atoms with Crippen LogP contribution in [0.5, 0.6) is 0 Å². The second-order valence-electron chi connectivity index (χ2n) is 9.52. The van der Waals surface area contributed by atoms with Crippen molar-refractivity contribution in [1.29, 1.82) is 0 Å². The maximum absolute atomic E-state index is 13.2. The second kappa shape index (κ2) is 7.38. The molecule has 5 rings (SSSR count). The Morgan fingerprint density at radius 1 is 1.30 bits per heavy atom. The number of amides is 2. The first kappa shape index (κ1) is 19.5. The molecule has 1 spiro atoms. The summed E-state index contributed by atoms with van der Waals surface area (Å²) >= 11 is 0. The van der Waals surface area contributed by atoms with Gasteiger partial charge in [-0.1, -0.05) is 6.07 Å². The van der Waals surface area contributed by atoms with E-state index in [1.54, 1.807) is 0 Å². The molecule has 3 heterocycles. The number of carbonyl (C=O) groups excluding carboxylic acids is 2. The molecule has 3 fully saturated rings. The predicted molar refractivity (Wildman–Crippen MR) is 113 cm³/mol. The average molecular weight is 411 g/mol. The molecule has 0 bridgehead atoms. The minimum absolute atomic E-state index is 0.0964. The topological polar surface area (TPSA) is 89.5 Å². The van der Waals surface area contributed by atoms with Crippen molar-refractivity contribution < 1.29 is 14.7 Å². The molecule has 1 aliphatic carbocycles. The molecule has 2 aromatic rings. The molecular formula is C23H30N4O3. The first-order valence-corrected chi connectivity index (χ1v) is 11.1. The number of likely N-dealkylation sites (tertiary alicyclic amines) is 2. The lowest BCUT2D eigenvalue weighted by molar-refractivity contribution is -0.158. The maximum atomic E-state index is 13.2. The Morgan fingerprint density at radius 3 is 2.80 bits per heavy atom. The van der Waals surface area contributed by atoms with Crippen molar-refractivity contribution in [3.8, 4) is 0 Å². The summed E-state index contributed by atoms with van der Waals surface area (Å²) in [5, 5.41) is 10.4. The highest BCUT2D eigenvalue weighted by Crippen LogP contribution is 2.42. The van der Waals surface area contributed by atoms with E-state index in [-0.39, 0.29) is 11.8 Å². The van der Waals surface area contributed by atoms with E-state index < -0.39 is 11.5 Å². The van der Waals surface area contributed by atoms with Crippen molar-refractivity contribution >= 4 is 22.8 Å². The molecule has 2 aliphatic heterocycles. The third-order valence-corrected chi connectivity index (χ3v) is 7.07. The van der Waals surface area contributed by atoms with Gasteiger partial charge in [-0.25, -0.2) is 4.98 Å². The van der Waals surface area contributed by atoms with Crippen LogP contribution in [-0.4, -0.2) is 69.0 Å². The van der Waals surface area contributed by atoms with Crippen LogP contribution in [0.25, 0.3) is 11.0 Å². The van der Waals surface area contributed by atoms with E-state index in [4.69, 9.17) is 0 Å². The summed E-state index contributed by atoms with van der Waals surface area (Å²) in [5.74, 6) is 1.78. The minimum atomic E-state index is -0.490. The summed E-state index contributed by atoms with van der Waals surface area (Å²) in [6, 6.07) is 5.90. The van der Waals surface area contributed by atoms with Gasteiger partial charge in [-0.3, -0.25) is 9.59 Å². The highest BCUT2D eigenvalue weighted by Gasteiger charge is 2.49. The van der Waals surface area contributed by atoms with Gasteiger partial charge in [0, 0.05) is 26.2 Å². The van der Waals surface area contributed by atoms with Crippen molar-refractivity contribution in [3.63, 3.8) is 0 Å². The van der Waals surface area contributed by atoms with Crippen molar-refractivity contribution in [3.05, 3.63) is 29.6 Å². The van der Waals surface area contributed by atoms with Gasteiger partial charge in [0.05, 0.1) is 29.0 Å². The number of hydrogen-bond donors (Lipinski definition) is 2. The Balaban J connectivity index is 1.23. The number of carbonyl (C=O) groups is 2. The number of rotatable bonds is 4. The first-order chi connectivity index (χ1) is 14.4. The minimum Gasteiger partial charge on any atom is -0.391 e. The lowest BCUT2D eigenvalue weighted by Gasteiger charge is -2.48. The molecule has 2 N–H and O–H groups in total. The molecule has 1 saturated carbocycles. The number of aliphatic hydroxyl groups excluding tert-OH is 1. The molecule has 30 heavy (non-hydrogen) atoms. The standard InChI is InChI=1S/C23H30N4O3/c1-15-24-19-5-4-17(10-20(19)25-15)11-21(29)26-8-6-23(7-9-26)12-18(28)14-27(22(23)30)13-16-2-3-16/h4-5,10,16,18,28H,2-3,6-9,11-14H2,1H3,(H,24,25). The molecule has 1 atom stereocenters. The number of fused-ring (bicyclic) bond motifs is 1. The van der Waals surface area contributed by atoms with Gasteiger partial charge in [-0.15, -0.1) is 0 Å². The van der Waals surface area contributed by atoms with E-state index >= 15 is 0 Å². The first-order valence-electron chi connectivity index (χ1n) is 11.1. The van der Waals surface area contributed by atoms with Crippen LogP contribution in [0, 0.1) is 18.3 Å². The molecule has 7 heteroatoms. The van der Waals surface area contributed by atoms with Gasteiger partial charge in [0.1, 0.15) is 5.82 Å². The molecule has 2 saturated heterocycles. The fourth-order valence-corrected chi connectivity index (χ4v) is 5.23. The zero-order valence-corrected chi connectivity index (χ0v) is 17.6. The number of nitrogens with zero attached hydrogens (tertiary/aromatic N) is 3. The van der Waals surface area contributed by atoms with Crippen LogP contribution < -0.4 is 0 Å². The highest BCUT2D eigenvalue weighted by atomic mass is 16.3. The molecule has 3 aliphatic rings. The third kappa shape index (κ3) is 3.71. The van der Waals surface area contributed by atoms with Crippen LogP contribution in [0.4, 0.5) is 0 Å². The summed E-state index contributed by atoms with van der Waals surface area (Å²) < 4.78 is 0. The number of imidazole rings is 1. The summed E-state index contributed by atoms with van der Waals surface area (Å²) in [6.45, 7) is 4.34. The zero-order chi connectivity index (χ0) is 20.9. The molecule has 2 amide bonds. The SMILES string of the molecule is Cc1nc2ccc(CC(=O)N3CCC4(CC3)CC(O)CN(CC3CC3)C4=O)cc2[nH]1. The number of hydrogen-bond acceptors (Lipinski definition) is 4. The number of aryl methyl sites for hydroxylation is 1. The van der Waals surface area contributed by atoms with Gasteiger partial charge in [0.25, 0.3) is 0 Å². The molecule has 7 nitrogen and oxygen atoms in total. The normalized spacial score (nSPS) is 24.1. The Bertz CT molecular complexity index is 970. The number of β-amino-alcohol motifs (C(OH)–C–C–N with tert-alkyl or cyclic N) is 1.